The average Bonchev–Trinajstić information content (AvgIpc) is 2.38. The smallest absolute Gasteiger partial charge is 0.119 e. The third kappa shape index (κ3) is 5.20. The summed E-state index contributed by atoms with van der Waals surface area (Å²) in [7, 11) is 1.69. The second-order valence-electron chi connectivity index (χ2n) is 4.06. The van der Waals surface area contributed by atoms with Crippen LogP contribution in [0.5, 0.6) is 5.75 Å². The lowest BCUT2D eigenvalue weighted by Crippen LogP contribution is -2.23. The van der Waals surface area contributed by atoms with Gasteiger partial charge in [-0.15, -0.1) is 0 Å². The lowest BCUT2D eigenvalue weighted by Gasteiger charge is -2.15. The Bertz CT molecular complexity index is 315. The van der Waals surface area contributed by atoms with Crippen LogP contribution in [0.25, 0.3) is 0 Å². The van der Waals surface area contributed by atoms with Crippen LogP contribution in [0.15, 0.2) is 24.3 Å². The van der Waals surface area contributed by atoms with Gasteiger partial charge >= 0.3 is 0 Å². The minimum Gasteiger partial charge on any atom is -0.497 e. The van der Waals surface area contributed by atoms with Gasteiger partial charge in [-0.25, -0.2) is 0 Å². The summed E-state index contributed by atoms with van der Waals surface area (Å²) in [5.74, 6) is 0.901. The fourth-order valence-corrected chi connectivity index (χ4v) is 1.62. The molecule has 0 saturated carbocycles. The van der Waals surface area contributed by atoms with Crippen molar-refractivity contribution in [2.45, 2.75) is 26.3 Å². The highest BCUT2D eigenvalue weighted by molar-refractivity contribution is 5.30. The summed E-state index contributed by atoms with van der Waals surface area (Å²) in [6.45, 7) is 6.75. The van der Waals surface area contributed by atoms with Crippen molar-refractivity contribution in [3.63, 3.8) is 0 Å². The first-order valence-corrected chi connectivity index (χ1v) is 6.23. The summed E-state index contributed by atoms with van der Waals surface area (Å²) >= 11 is 0. The molecule has 3 heteroatoms. The van der Waals surface area contributed by atoms with E-state index in [1.54, 1.807) is 7.11 Å². The monoisotopic (exact) mass is 237 g/mol. The van der Waals surface area contributed by atoms with E-state index in [0.717, 1.165) is 31.9 Å². The molecule has 1 rings (SSSR count). The summed E-state index contributed by atoms with van der Waals surface area (Å²) in [5.41, 5.74) is 1.24. The standard InChI is InChI=1S/C14H23NO2/c1-4-9-17-10-8-15-12(2)13-6-5-7-14(11-13)16-3/h5-7,11-12,15H,4,8-10H2,1-3H3/t12-/m0/s1. The Balaban J connectivity index is 2.33. The van der Waals surface area contributed by atoms with E-state index in [1.165, 1.54) is 5.56 Å². The van der Waals surface area contributed by atoms with Crippen LogP contribution in [0.4, 0.5) is 0 Å². The van der Waals surface area contributed by atoms with Gasteiger partial charge in [0, 0.05) is 19.2 Å². The Kier molecular flexibility index (Phi) is 6.67. The minimum absolute atomic E-state index is 0.315. The molecule has 1 N–H and O–H groups in total. The molecule has 0 fully saturated rings. The molecule has 1 atom stereocenters. The minimum atomic E-state index is 0.315. The maximum absolute atomic E-state index is 5.43. The van der Waals surface area contributed by atoms with Crippen molar-refractivity contribution >= 4 is 0 Å². The first-order valence-electron chi connectivity index (χ1n) is 6.23. The normalized spacial score (nSPS) is 12.4. The Morgan fingerprint density at radius 2 is 2.12 bits per heavy atom. The zero-order valence-electron chi connectivity index (χ0n) is 11.0. The molecule has 0 saturated heterocycles. The summed E-state index contributed by atoms with van der Waals surface area (Å²) < 4.78 is 10.6. The molecule has 0 spiro atoms. The summed E-state index contributed by atoms with van der Waals surface area (Å²) in [4.78, 5) is 0. The molecule has 0 aromatic heterocycles. The predicted octanol–water partition coefficient (Wildman–Crippen LogP) is 2.77. The van der Waals surface area contributed by atoms with E-state index < -0.39 is 0 Å². The molecule has 96 valence electrons. The maximum Gasteiger partial charge on any atom is 0.119 e. The van der Waals surface area contributed by atoms with Gasteiger partial charge in [-0.05, 0) is 31.0 Å². The predicted molar refractivity (Wildman–Crippen MR) is 70.5 cm³/mol. The Morgan fingerprint density at radius 1 is 1.29 bits per heavy atom. The first-order chi connectivity index (χ1) is 8.27. The number of hydrogen-bond donors (Lipinski definition) is 1. The summed E-state index contributed by atoms with van der Waals surface area (Å²) in [5, 5.41) is 3.43. The zero-order valence-corrected chi connectivity index (χ0v) is 11.0. The van der Waals surface area contributed by atoms with Gasteiger partial charge in [-0.2, -0.15) is 0 Å². The summed E-state index contributed by atoms with van der Waals surface area (Å²) in [6.07, 6.45) is 1.07. The number of rotatable bonds is 8. The second-order valence-corrected chi connectivity index (χ2v) is 4.06. The van der Waals surface area contributed by atoms with Gasteiger partial charge in [0.05, 0.1) is 13.7 Å². The molecule has 1 aromatic carbocycles. The topological polar surface area (TPSA) is 30.5 Å². The highest BCUT2D eigenvalue weighted by atomic mass is 16.5. The van der Waals surface area contributed by atoms with E-state index in [0.29, 0.717) is 6.04 Å². The maximum atomic E-state index is 5.43. The fourth-order valence-electron chi connectivity index (χ4n) is 1.62. The van der Waals surface area contributed by atoms with Crippen LogP contribution >= 0.6 is 0 Å². The highest BCUT2D eigenvalue weighted by Gasteiger charge is 2.04. The third-order valence-corrected chi connectivity index (χ3v) is 2.64. The molecular formula is C14H23NO2. The number of nitrogens with one attached hydrogen (secondary N) is 1. The van der Waals surface area contributed by atoms with Gasteiger partial charge in [0.25, 0.3) is 0 Å². The molecular weight excluding hydrogens is 214 g/mol. The fraction of sp³-hybridized carbons (Fsp3) is 0.571. The SMILES string of the molecule is CCCOCCN[C@@H](C)c1cccc(OC)c1. The van der Waals surface area contributed by atoms with E-state index in [2.05, 4.69) is 31.3 Å². The number of methoxy groups -OCH3 is 1. The van der Waals surface area contributed by atoms with Crippen LogP contribution in [0.3, 0.4) is 0 Å². The Labute approximate surface area is 104 Å². The van der Waals surface area contributed by atoms with Crippen molar-refractivity contribution in [2.24, 2.45) is 0 Å². The lowest BCUT2D eigenvalue weighted by molar-refractivity contribution is 0.135. The molecule has 17 heavy (non-hydrogen) atoms. The number of hydrogen-bond acceptors (Lipinski definition) is 3. The Hall–Kier alpha value is -1.06. The van der Waals surface area contributed by atoms with E-state index >= 15 is 0 Å². The van der Waals surface area contributed by atoms with Crippen LogP contribution in [-0.2, 0) is 4.74 Å². The van der Waals surface area contributed by atoms with Gasteiger partial charge in [0.15, 0.2) is 0 Å². The van der Waals surface area contributed by atoms with Crippen LogP contribution in [0, 0.1) is 0 Å². The van der Waals surface area contributed by atoms with Gasteiger partial charge in [-0.3, -0.25) is 0 Å². The lowest BCUT2D eigenvalue weighted by atomic mass is 10.1. The molecule has 0 heterocycles. The molecule has 0 aliphatic carbocycles. The molecule has 3 nitrogen and oxygen atoms in total. The van der Waals surface area contributed by atoms with Crippen molar-refractivity contribution in [2.75, 3.05) is 26.9 Å². The van der Waals surface area contributed by atoms with E-state index in [4.69, 9.17) is 9.47 Å². The van der Waals surface area contributed by atoms with Crippen molar-refractivity contribution in [3.05, 3.63) is 29.8 Å². The molecule has 0 amide bonds. The van der Waals surface area contributed by atoms with Crippen LogP contribution in [0.1, 0.15) is 31.9 Å². The second kappa shape index (κ2) is 8.09. The van der Waals surface area contributed by atoms with E-state index in [9.17, 15) is 0 Å². The van der Waals surface area contributed by atoms with Crippen molar-refractivity contribution in [1.29, 1.82) is 0 Å². The van der Waals surface area contributed by atoms with Crippen molar-refractivity contribution in [1.82, 2.24) is 5.32 Å². The van der Waals surface area contributed by atoms with Crippen molar-refractivity contribution in [3.8, 4) is 5.75 Å². The van der Waals surface area contributed by atoms with Gasteiger partial charge < -0.3 is 14.8 Å². The Morgan fingerprint density at radius 3 is 2.82 bits per heavy atom. The molecule has 0 unspecified atom stereocenters. The first kappa shape index (κ1) is 14.0. The molecule has 0 bridgehead atoms. The number of benzene rings is 1. The van der Waals surface area contributed by atoms with Gasteiger partial charge in [0.2, 0.25) is 0 Å². The summed E-state index contributed by atoms with van der Waals surface area (Å²) in [6, 6.07) is 8.45. The van der Waals surface area contributed by atoms with Gasteiger partial charge in [-0.1, -0.05) is 19.1 Å². The van der Waals surface area contributed by atoms with E-state index in [-0.39, 0.29) is 0 Å². The molecule has 0 radical (unpaired) electrons. The largest absolute Gasteiger partial charge is 0.497 e. The quantitative estimate of drug-likeness (QED) is 0.705. The molecule has 0 aliphatic rings. The highest BCUT2D eigenvalue weighted by Crippen LogP contribution is 2.18. The van der Waals surface area contributed by atoms with E-state index in [1.807, 2.05) is 12.1 Å². The molecule has 0 aliphatic heterocycles. The average molecular weight is 237 g/mol. The van der Waals surface area contributed by atoms with Crippen LogP contribution in [-0.4, -0.2) is 26.9 Å². The molecule has 1 aromatic rings. The zero-order chi connectivity index (χ0) is 12.5. The third-order valence-electron chi connectivity index (χ3n) is 2.64. The van der Waals surface area contributed by atoms with Gasteiger partial charge in [0.1, 0.15) is 5.75 Å². The van der Waals surface area contributed by atoms with Crippen LogP contribution < -0.4 is 10.1 Å². The van der Waals surface area contributed by atoms with Crippen molar-refractivity contribution < 1.29 is 9.47 Å². The van der Waals surface area contributed by atoms with Crippen LogP contribution in [0.2, 0.25) is 0 Å². The number of ether oxygens (including phenoxy) is 2.